The molecule has 26 heteroatoms. The Labute approximate surface area is 526 Å². The number of nitrogens with zero attached hydrogens (tertiary/aromatic N) is 10. The topological polar surface area (TPSA) is 308 Å². The summed E-state index contributed by atoms with van der Waals surface area (Å²) in [5, 5.41) is 31.4. The maximum absolute atomic E-state index is 15.1. The standard InChI is InChI=1S/C64H90N10O16/c1-37(2)27-49-59(79)87-41(9)55(75)67(15)52(30-40(7)8)62(82)90-54(32-44-21-25-46(26-22-44)64(13,14)72-36-48(34-66-72)74(85)86)58(78)70(18)50(28-38(3)4)60(80)88-42(10)56(76)68(16)51(29-39(5)6)61(81)89-53(57(77)69(49)17)31-43-19-23-45(24-20-43)63(11,12)71-35-47(33-65-71)73(83)84/h19-26,33-42,49-54H,27-32H2,1-18H3/t41-,42-,49+,50+,51+,52+,53-,54-/m1/s1. The van der Waals surface area contributed by atoms with E-state index >= 15 is 9.59 Å². The maximum Gasteiger partial charge on any atom is 0.329 e. The van der Waals surface area contributed by atoms with Crippen LogP contribution in [0.2, 0.25) is 0 Å². The molecule has 1 saturated heterocycles. The van der Waals surface area contributed by atoms with Gasteiger partial charge in [-0.25, -0.2) is 19.2 Å². The predicted octanol–water partition coefficient (Wildman–Crippen LogP) is 7.44. The van der Waals surface area contributed by atoms with Gasteiger partial charge in [0.2, 0.25) is 0 Å². The van der Waals surface area contributed by atoms with Crippen molar-refractivity contribution in [1.29, 1.82) is 0 Å². The molecule has 0 unspecified atom stereocenters. The van der Waals surface area contributed by atoms with Crippen LogP contribution in [0.5, 0.6) is 0 Å². The first-order valence-corrected chi connectivity index (χ1v) is 30.3. The molecule has 0 saturated carbocycles. The van der Waals surface area contributed by atoms with E-state index in [9.17, 15) is 49.0 Å². The quantitative estimate of drug-likeness (QED) is 0.0404. The molecule has 3 heterocycles. The number of carbonyl (C=O) groups is 8. The molecule has 26 nitrogen and oxygen atoms in total. The maximum atomic E-state index is 15.1. The molecule has 8 atom stereocenters. The van der Waals surface area contributed by atoms with Gasteiger partial charge in [0.15, 0.2) is 24.4 Å². The molecular formula is C64H90N10O16. The summed E-state index contributed by atoms with van der Waals surface area (Å²) in [4.78, 5) is 145. The van der Waals surface area contributed by atoms with E-state index < -0.39 is 117 Å². The zero-order chi connectivity index (χ0) is 67.6. The summed E-state index contributed by atoms with van der Waals surface area (Å²) in [6.07, 6.45) is -1.98. The number of hydrogen-bond acceptors (Lipinski definition) is 18. The average Bonchev–Trinajstić information content (AvgIpc) is 1.59. The SMILES string of the molecule is CC(C)C[C@H]1C(=O)O[C@H](Cc2ccc(C(C)(C)n3cc([N+](=O)[O-])cn3)cc2)C(=O)N(C)[C@@H](CC(C)C)C(=O)O[C@H](C)C(=O)N(C)[C@@H](CC(C)C)C(=O)O[C@H](Cc2ccc(C(C)(C)n3cc([N+](=O)[O-])cn3)cc2)C(=O)N(C)[C@@H](CC(C)C)C(=O)O[C@H](C)C(=O)N1C. The van der Waals surface area contributed by atoms with E-state index in [2.05, 4.69) is 10.2 Å². The Bertz CT molecular complexity index is 3000. The average molecular weight is 1260 g/mol. The van der Waals surface area contributed by atoms with Crippen molar-refractivity contribution in [3.05, 3.63) is 116 Å². The second-order valence-corrected chi connectivity index (χ2v) is 26.1. The van der Waals surface area contributed by atoms with E-state index in [0.29, 0.717) is 22.3 Å². The van der Waals surface area contributed by atoms with Crippen LogP contribution in [0.3, 0.4) is 0 Å². The fourth-order valence-electron chi connectivity index (χ4n) is 10.7. The highest BCUT2D eigenvalue weighted by molar-refractivity contribution is 5.94. The third-order valence-electron chi connectivity index (χ3n) is 16.3. The zero-order valence-corrected chi connectivity index (χ0v) is 55.1. The van der Waals surface area contributed by atoms with Gasteiger partial charge in [-0.1, -0.05) is 104 Å². The number of likely N-dealkylation sites (N-methyl/N-ethyl adjacent to an activating group) is 4. The lowest BCUT2D eigenvalue weighted by Crippen LogP contribution is -2.55. The second kappa shape index (κ2) is 30.3. The molecule has 90 heavy (non-hydrogen) atoms. The third-order valence-corrected chi connectivity index (χ3v) is 16.3. The van der Waals surface area contributed by atoms with Crippen LogP contribution in [0.25, 0.3) is 0 Å². The molecule has 0 aliphatic carbocycles. The Morgan fingerprint density at radius 1 is 0.444 bits per heavy atom. The number of nitro groups is 2. The second-order valence-electron chi connectivity index (χ2n) is 26.1. The van der Waals surface area contributed by atoms with Crippen LogP contribution in [0.1, 0.15) is 145 Å². The summed E-state index contributed by atoms with van der Waals surface area (Å²) in [7, 11) is 5.35. The molecule has 0 radical (unpaired) electrons. The smallest absolute Gasteiger partial charge is 0.329 e. The minimum absolute atomic E-state index is 0.0114. The normalized spacial score (nSPS) is 22.3. The van der Waals surface area contributed by atoms with Gasteiger partial charge in [0.25, 0.3) is 23.6 Å². The lowest BCUT2D eigenvalue weighted by atomic mass is 9.92. The van der Waals surface area contributed by atoms with Crippen LogP contribution in [0.4, 0.5) is 11.4 Å². The Hall–Kier alpha value is -8.58. The number of hydrogen-bond donors (Lipinski definition) is 0. The van der Waals surface area contributed by atoms with Crippen molar-refractivity contribution in [2.45, 2.75) is 195 Å². The van der Waals surface area contributed by atoms with E-state index in [-0.39, 0.29) is 73.6 Å². The van der Waals surface area contributed by atoms with Crippen molar-refractivity contribution in [3.8, 4) is 0 Å². The number of aromatic nitrogens is 4. The molecule has 0 N–H and O–H groups in total. The van der Waals surface area contributed by atoms with Gasteiger partial charge in [0.05, 0.1) is 20.9 Å². The minimum Gasteiger partial charge on any atom is -0.451 e. The molecule has 492 valence electrons. The van der Waals surface area contributed by atoms with Crippen LogP contribution < -0.4 is 0 Å². The van der Waals surface area contributed by atoms with E-state index in [0.717, 1.165) is 32.0 Å². The summed E-state index contributed by atoms with van der Waals surface area (Å²) in [6.45, 7) is 24.3. The van der Waals surface area contributed by atoms with Crippen LogP contribution in [-0.4, -0.2) is 173 Å². The Morgan fingerprint density at radius 2 is 0.700 bits per heavy atom. The number of rotatable bonds is 18. The molecule has 0 spiro atoms. The molecule has 1 aliphatic heterocycles. The highest BCUT2D eigenvalue weighted by Gasteiger charge is 2.43. The molecule has 0 bridgehead atoms. The van der Waals surface area contributed by atoms with E-state index in [1.807, 2.05) is 83.1 Å². The van der Waals surface area contributed by atoms with E-state index in [1.54, 1.807) is 48.5 Å². The van der Waals surface area contributed by atoms with Gasteiger partial charge >= 0.3 is 35.3 Å². The number of ether oxygens (including phenoxy) is 4. The Balaban J connectivity index is 1.61. The van der Waals surface area contributed by atoms with Crippen molar-refractivity contribution < 1.29 is 67.2 Å². The van der Waals surface area contributed by atoms with Crippen LogP contribution in [-0.2, 0) is 81.2 Å². The van der Waals surface area contributed by atoms with Gasteiger partial charge in [-0.15, -0.1) is 0 Å². The fraction of sp³-hybridized carbons (Fsp3) is 0.594. The van der Waals surface area contributed by atoms with Gasteiger partial charge in [0, 0.05) is 41.0 Å². The summed E-state index contributed by atoms with van der Waals surface area (Å²) in [5.41, 5.74) is 0.135. The van der Waals surface area contributed by atoms with Crippen molar-refractivity contribution in [2.75, 3.05) is 28.2 Å². The molecule has 1 aliphatic rings. The van der Waals surface area contributed by atoms with Gasteiger partial charge in [-0.05, 0) is 113 Å². The fourth-order valence-corrected chi connectivity index (χ4v) is 10.7. The zero-order valence-electron chi connectivity index (χ0n) is 55.1. The minimum atomic E-state index is -1.65. The van der Waals surface area contributed by atoms with Crippen molar-refractivity contribution >= 4 is 58.9 Å². The first-order valence-electron chi connectivity index (χ1n) is 30.3. The molecular weight excluding hydrogens is 1160 g/mol. The summed E-state index contributed by atoms with van der Waals surface area (Å²) >= 11 is 0. The van der Waals surface area contributed by atoms with Crippen molar-refractivity contribution in [2.24, 2.45) is 23.7 Å². The molecule has 4 amide bonds. The van der Waals surface area contributed by atoms with E-state index in [1.165, 1.54) is 63.8 Å². The number of carbonyl (C=O) groups excluding carboxylic acids is 8. The molecule has 2 aromatic carbocycles. The lowest BCUT2D eigenvalue weighted by Gasteiger charge is -2.35. The van der Waals surface area contributed by atoms with Crippen LogP contribution >= 0.6 is 0 Å². The summed E-state index contributed by atoms with van der Waals surface area (Å²) in [6, 6.07) is 8.21. The van der Waals surface area contributed by atoms with Crippen molar-refractivity contribution in [3.63, 3.8) is 0 Å². The first kappa shape index (κ1) is 72.2. The van der Waals surface area contributed by atoms with E-state index in [4.69, 9.17) is 18.9 Å². The largest absolute Gasteiger partial charge is 0.451 e. The lowest BCUT2D eigenvalue weighted by molar-refractivity contribution is -0.385. The summed E-state index contributed by atoms with van der Waals surface area (Å²) < 4.78 is 27.1. The van der Waals surface area contributed by atoms with Crippen LogP contribution in [0.15, 0.2) is 73.3 Å². The highest BCUT2D eigenvalue weighted by Crippen LogP contribution is 2.31. The number of amides is 4. The van der Waals surface area contributed by atoms with Gasteiger partial charge in [0.1, 0.15) is 49.0 Å². The van der Waals surface area contributed by atoms with Crippen molar-refractivity contribution in [1.82, 2.24) is 39.2 Å². The first-order chi connectivity index (χ1) is 41.9. The Kier molecular flexibility index (Phi) is 24.3. The highest BCUT2D eigenvalue weighted by atomic mass is 16.6. The summed E-state index contributed by atoms with van der Waals surface area (Å²) in [5.74, 6) is -8.31. The number of esters is 4. The Morgan fingerprint density at radius 3 is 0.944 bits per heavy atom. The number of benzene rings is 2. The van der Waals surface area contributed by atoms with Crippen LogP contribution in [0, 0.1) is 43.9 Å². The molecule has 5 rings (SSSR count). The third kappa shape index (κ3) is 17.8. The molecule has 4 aromatic rings. The monoisotopic (exact) mass is 1250 g/mol. The van der Waals surface area contributed by atoms with Gasteiger partial charge in [-0.2, -0.15) is 10.2 Å². The number of cyclic esters (lactones) is 4. The van der Waals surface area contributed by atoms with Gasteiger partial charge in [-0.3, -0.25) is 48.8 Å². The predicted molar refractivity (Wildman–Crippen MR) is 330 cm³/mol. The van der Waals surface area contributed by atoms with Gasteiger partial charge < -0.3 is 38.5 Å². The molecule has 2 aromatic heterocycles. The molecule has 1 fully saturated rings.